The minimum Gasteiger partial charge on any atom is -0.381 e. The number of hydrogen-bond acceptors (Lipinski definition) is 4. The maximum Gasteiger partial charge on any atom is 0.0983 e. The van der Waals surface area contributed by atoms with Crippen LogP contribution in [0.3, 0.4) is 0 Å². The van der Waals surface area contributed by atoms with Gasteiger partial charge in [-0.15, -0.1) is 11.3 Å². The molecule has 1 unspecified atom stereocenters. The number of aromatic nitrogens is 1. The van der Waals surface area contributed by atoms with E-state index in [0.717, 1.165) is 25.3 Å². The largest absolute Gasteiger partial charge is 0.381 e. The summed E-state index contributed by atoms with van der Waals surface area (Å²) >= 11 is 1.72. The van der Waals surface area contributed by atoms with Crippen molar-refractivity contribution >= 4 is 11.3 Å². The number of nitrogens with zero attached hydrogens (tertiary/aromatic N) is 1. The zero-order valence-corrected chi connectivity index (χ0v) is 9.18. The summed E-state index contributed by atoms with van der Waals surface area (Å²) < 4.78 is 10.5. The van der Waals surface area contributed by atoms with Gasteiger partial charge in [-0.3, -0.25) is 0 Å². The van der Waals surface area contributed by atoms with Crippen molar-refractivity contribution < 1.29 is 9.47 Å². The normalized spacial score (nSPS) is 22.5. The molecule has 1 aliphatic rings. The molecule has 1 aliphatic heterocycles. The van der Waals surface area contributed by atoms with E-state index >= 15 is 0 Å². The van der Waals surface area contributed by atoms with Crippen LogP contribution in [0.25, 0.3) is 0 Å². The van der Waals surface area contributed by atoms with Crippen LogP contribution < -0.4 is 0 Å². The average Bonchev–Trinajstić information content (AvgIpc) is 2.68. The second-order valence-corrected chi connectivity index (χ2v) is 4.41. The first-order chi connectivity index (χ1) is 6.90. The minimum atomic E-state index is 0.513. The summed E-state index contributed by atoms with van der Waals surface area (Å²) in [5.74, 6) is 0.513. The van der Waals surface area contributed by atoms with Crippen molar-refractivity contribution in [2.24, 2.45) is 0 Å². The summed E-state index contributed by atoms with van der Waals surface area (Å²) in [7, 11) is 1.70. The molecule has 0 bridgehead atoms. The Morgan fingerprint density at radius 2 is 2.64 bits per heavy atom. The number of ether oxygens (including phenoxy) is 2. The van der Waals surface area contributed by atoms with Gasteiger partial charge in [0.15, 0.2) is 0 Å². The molecule has 78 valence electrons. The van der Waals surface area contributed by atoms with Gasteiger partial charge in [-0.05, 0) is 12.8 Å². The van der Waals surface area contributed by atoms with Crippen LogP contribution in [-0.2, 0) is 16.1 Å². The summed E-state index contributed by atoms with van der Waals surface area (Å²) in [5.41, 5.74) is 1.04. The fourth-order valence-corrected chi connectivity index (χ4v) is 2.59. The van der Waals surface area contributed by atoms with Gasteiger partial charge in [-0.2, -0.15) is 0 Å². The van der Waals surface area contributed by atoms with Crippen molar-refractivity contribution in [3.63, 3.8) is 0 Å². The van der Waals surface area contributed by atoms with Crippen LogP contribution in [-0.4, -0.2) is 25.3 Å². The first-order valence-electron chi connectivity index (χ1n) is 4.91. The molecule has 0 amide bonds. The predicted octanol–water partition coefficient (Wildman–Crippen LogP) is 2.18. The smallest absolute Gasteiger partial charge is 0.0983 e. The third-order valence-corrected chi connectivity index (χ3v) is 3.43. The fraction of sp³-hybridized carbons (Fsp3) is 0.700. The van der Waals surface area contributed by atoms with Crippen molar-refractivity contribution in [1.82, 2.24) is 4.98 Å². The van der Waals surface area contributed by atoms with Crippen LogP contribution in [0, 0.1) is 0 Å². The van der Waals surface area contributed by atoms with E-state index in [9.17, 15) is 0 Å². The lowest BCUT2D eigenvalue weighted by Gasteiger charge is -2.19. The van der Waals surface area contributed by atoms with Gasteiger partial charge >= 0.3 is 0 Å². The van der Waals surface area contributed by atoms with Gasteiger partial charge in [0.25, 0.3) is 0 Å². The Morgan fingerprint density at radius 3 is 3.36 bits per heavy atom. The van der Waals surface area contributed by atoms with Crippen LogP contribution in [0.15, 0.2) is 5.38 Å². The number of rotatable bonds is 3. The molecule has 1 saturated heterocycles. The van der Waals surface area contributed by atoms with E-state index in [0.29, 0.717) is 12.5 Å². The maximum atomic E-state index is 5.44. The molecule has 1 aromatic rings. The highest BCUT2D eigenvalue weighted by Gasteiger charge is 2.18. The summed E-state index contributed by atoms with van der Waals surface area (Å²) in [5, 5.41) is 3.28. The van der Waals surface area contributed by atoms with Gasteiger partial charge in [0, 0.05) is 25.0 Å². The fourth-order valence-electron chi connectivity index (χ4n) is 1.66. The Morgan fingerprint density at radius 1 is 1.71 bits per heavy atom. The van der Waals surface area contributed by atoms with Crippen molar-refractivity contribution in [1.29, 1.82) is 0 Å². The zero-order chi connectivity index (χ0) is 9.80. The minimum absolute atomic E-state index is 0.513. The lowest BCUT2D eigenvalue weighted by molar-refractivity contribution is 0.0802. The van der Waals surface area contributed by atoms with Crippen molar-refractivity contribution in [2.45, 2.75) is 25.4 Å². The van der Waals surface area contributed by atoms with Crippen LogP contribution in [0.5, 0.6) is 0 Å². The van der Waals surface area contributed by atoms with Gasteiger partial charge in [0.2, 0.25) is 0 Å². The third kappa shape index (κ3) is 2.32. The number of thiazole rings is 1. The van der Waals surface area contributed by atoms with Crippen LogP contribution in [0.2, 0.25) is 0 Å². The average molecular weight is 213 g/mol. The molecule has 1 atom stereocenters. The van der Waals surface area contributed by atoms with Crippen LogP contribution in [0.1, 0.15) is 29.5 Å². The van der Waals surface area contributed by atoms with Gasteiger partial charge in [-0.1, -0.05) is 0 Å². The number of methoxy groups -OCH3 is 1. The SMILES string of the molecule is COCc1csc(C2CCCOC2)n1. The topological polar surface area (TPSA) is 31.4 Å². The Bertz CT molecular complexity index is 281. The molecular formula is C10H15NO2S. The molecule has 0 saturated carbocycles. The first kappa shape index (κ1) is 10.1. The summed E-state index contributed by atoms with van der Waals surface area (Å²) in [6.45, 7) is 2.36. The van der Waals surface area contributed by atoms with Crippen molar-refractivity contribution in [3.05, 3.63) is 16.1 Å². The predicted molar refractivity (Wildman–Crippen MR) is 55.6 cm³/mol. The monoisotopic (exact) mass is 213 g/mol. The van der Waals surface area contributed by atoms with E-state index in [1.807, 2.05) is 0 Å². The lowest BCUT2D eigenvalue weighted by atomic mass is 10.0. The molecule has 14 heavy (non-hydrogen) atoms. The lowest BCUT2D eigenvalue weighted by Crippen LogP contribution is -2.15. The third-order valence-electron chi connectivity index (χ3n) is 2.37. The van der Waals surface area contributed by atoms with E-state index < -0.39 is 0 Å². The van der Waals surface area contributed by atoms with Crippen LogP contribution >= 0.6 is 11.3 Å². The number of hydrogen-bond donors (Lipinski definition) is 0. The van der Waals surface area contributed by atoms with Gasteiger partial charge in [0.1, 0.15) is 0 Å². The molecule has 3 nitrogen and oxygen atoms in total. The molecule has 0 spiro atoms. The van der Waals surface area contributed by atoms with Crippen molar-refractivity contribution in [2.75, 3.05) is 20.3 Å². The van der Waals surface area contributed by atoms with Crippen molar-refractivity contribution in [3.8, 4) is 0 Å². The van der Waals surface area contributed by atoms with Gasteiger partial charge in [-0.25, -0.2) is 4.98 Å². The summed E-state index contributed by atoms with van der Waals surface area (Å²) in [6.07, 6.45) is 2.36. The Kier molecular flexibility index (Phi) is 3.50. The molecule has 0 aliphatic carbocycles. The molecular weight excluding hydrogens is 198 g/mol. The standard InChI is InChI=1S/C10H15NO2S/c1-12-6-9-7-14-10(11-9)8-3-2-4-13-5-8/h7-8H,2-6H2,1H3. The Labute approximate surface area is 88.1 Å². The van der Waals surface area contributed by atoms with E-state index in [2.05, 4.69) is 10.4 Å². The highest BCUT2D eigenvalue weighted by atomic mass is 32.1. The second kappa shape index (κ2) is 4.87. The van der Waals surface area contributed by atoms with E-state index in [4.69, 9.17) is 9.47 Å². The quantitative estimate of drug-likeness (QED) is 0.771. The summed E-state index contributed by atoms with van der Waals surface area (Å²) in [4.78, 5) is 4.54. The van der Waals surface area contributed by atoms with Crippen LogP contribution in [0.4, 0.5) is 0 Å². The maximum absolute atomic E-state index is 5.44. The molecule has 0 aromatic carbocycles. The van der Waals surface area contributed by atoms with Gasteiger partial charge in [0.05, 0.1) is 23.9 Å². The zero-order valence-electron chi connectivity index (χ0n) is 8.36. The highest BCUT2D eigenvalue weighted by molar-refractivity contribution is 7.09. The first-order valence-corrected chi connectivity index (χ1v) is 5.79. The molecule has 4 heteroatoms. The van der Waals surface area contributed by atoms with E-state index in [-0.39, 0.29) is 0 Å². The Balaban J connectivity index is 2.00. The molecule has 0 N–H and O–H groups in total. The highest BCUT2D eigenvalue weighted by Crippen LogP contribution is 2.27. The molecule has 2 rings (SSSR count). The van der Waals surface area contributed by atoms with Gasteiger partial charge < -0.3 is 9.47 Å². The molecule has 2 heterocycles. The molecule has 1 fully saturated rings. The van der Waals surface area contributed by atoms with E-state index in [1.165, 1.54) is 11.4 Å². The van der Waals surface area contributed by atoms with E-state index in [1.54, 1.807) is 18.4 Å². The Hall–Kier alpha value is -0.450. The molecule has 0 radical (unpaired) electrons. The molecule has 1 aromatic heterocycles. The summed E-state index contributed by atoms with van der Waals surface area (Å²) in [6, 6.07) is 0. The second-order valence-electron chi connectivity index (χ2n) is 3.52.